The number of rotatable bonds is 7. The van der Waals surface area contributed by atoms with Crippen LogP contribution in [0, 0.1) is 0 Å². The molecule has 9 heteroatoms. The average Bonchev–Trinajstić information content (AvgIpc) is 3.13. The molecule has 31 heavy (non-hydrogen) atoms. The quantitative estimate of drug-likeness (QED) is 0.298. The van der Waals surface area contributed by atoms with E-state index in [9.17, 15) is 9.59 Å². The Hall–Kier alpha value is -2.29. The van der Waals surface area contributed by atoms with Crippen LogP contribution in [0.5, 0.6) is 5.75 Å². The number of thiophene rings is 1. The highest BCUT2D eigenvalue weighted by Crippen LogP contribution is 2.35. The number of ether oxygens (including phenoxy) is 1. The van der Waals surface area contributed by atoms with Crippen LogP contribution >= 0.6 is 34.7 Å². The fourth-order valence-electron chi connectivity index (χ4n) is 3.71. The first-order valence-electron chi connectivity index (χ1n) is 9.94. The molecule has 0 unspecified atom stereocenters. The number of carbonyl (C=O) groups excluding carboxylic acids is 1. The van der Waals surface area contributed by atoms with Crippen LogP contribution in [0.3, 0.4) is 0 Å². The predicted molar refractivity (Wildman–Crippen MR) is 128 cm³/mol. The summed E-state index contributed by atoms with van der Waals surface area (Å²) in [7, 11) is 1.53. The number of hydrogen-bond donors (Lipinski definition) is 1. The predicted octanol–water partition coefficient (Wildman–Crippen LogP) is 4.92. The number of fused-ring (bicyclic) bond motifs is 3. The number of benzene rings is 1. The Kier molecular flexibility index (Phi) is 6.69. The summed E-state index contributed by atoms with van der Waals surface area (Å²) in [6.07, 6.45) is 5.85. The lowest BCUT2D eigenvalue weighted by atomic mass is 9.97. The van der Waals surface area contributed by atoms with Gasteiger partial charge in [-0.25, -0.2) is 4.98 Å². The maximum absolute atomic E-state index is 13.3. The number of nitrogens with one attached hydrogen (secondary N) is 1. The number of aromatic nitrogens is 2. The van der Waals surface area contributed by atoms with Crippen molar-refractivity contribution in [2.45, 2.75) is 37.4 Å². The fraction of sp³-hybridized carbons (Fsp3) is 0.318. The van der Waals surface area contributed by atoms with Crippen LogP contribution in [-0.4, -0.2) is 28.3 Å². The fourth-order valence-corrected chi connectivity index (χ4v) is 6.00. The zero-order valence-electron chi connectivity index (χ0n) is 17.1. The first-order chi connectivity index (χ1) is 15.0. The van der Waals surface area contributed by atoms with E-state index in [1.54, 1.807) is 40.2 Å². The number of nitrogens with zero attached hydrogens (tertiary/aromatic N) is 2. The monoisotopic (exact) mass is 475 g/mol. The Morgan fingerprint density at radius 1 is 1.42 bits per heavy atom. The molecule has 3 aromatic rings. The van der Waals surface area contributed by atoms with Gasteiger partial charge in [0, 0.05) is 16.4 Å². The lowest BCUT2D eigenvalue weighted by Gasteiger charge is -2.13. The van der Waals surface area contributed by atoms with Gasteiger partial charge in [-0.3, -0.25) is 14.2 Å². The number of hydrogen-bond acceptors (Lipinski definition) is 6. The highest BCUT2D eigenvalue weighted by atomic mass is 35.5. The van der Waals surface area contributed by atoms with Crippen LogP contribution < -0.4 is 15.6 Å². The minimum atomic E-state index is -0.240. The molecule has 1 aliphatic rings. The van der Waals surface area contributed by atoms with Crippen molar-refractivity contribution in [3.05, 3.63) is 56.7 Å². The minimum Gasteiger partial charge on any atom is -0.495 e. The molecule has 6 nitrogen and oxygen atoms in total. The van der Waals surface area contributed by atoms with Gasteiger partial charge in [0.1, 0.15) is 10.6 Å². The number of methoxy groups -OCH3 is 1. The molecule has 0 radical (unpaired) electrons. The van der Waals surface area contributed by atoms with E-state index in [0.29, 0.717) is 28.2 Å². The van der Waals surface area contributed by atoms with Crippen LogP contribution in [0.1, 0.15) is 23.3 Å². The van der Waals surface area contributed by atoms with E-state index in [2.05, 4.69) is 11.9 Å². The van der Waals surface area contributed by atoms with Crippen molar-refractivity contribution in [2.75, 3.05) is 18.2 Å². The number of carbonyl (C=O) groups is 1. The summed E-state index contributed by atoms with van der Waals surface area (Å²) in [6, 6.07) is 5.02. The van der Waals surface area contributed by atoms with Gasteiger partial charge in [0.2, 0.25) is 5.91 Å². The van der Waals surface area contributed by atoms with E-state index in [0.717, 1.165) is 41.5 Å². The molecule has 2 aromatic heterocycles. The van der Waals surface area contributed by atoms with Gasteiger partial charge in [-0.2, -0.15) is 0 Å². The lowest BCUT2D eigenvalue weighted by Crippen LogP contribution is -2.24. The maximum Gasteiger partial charge on any atom is 0.263 e. The van der Waals surface area contributed by atoms with Crippen molar-refractivity contribution in [3.63, 3.8) is 0 Å². The normalized spacial score (nSPS) is 13.1. The molecule has 4 rings (SSSR count). The Balaban J connectivity index is 1.60. The highest BCUT2D eigenvalue weighted by molar-refractivity contribution is 7.99. The first-order valence-corrected chi connectivity index (χ1v) is 12.1. The Morgan fingerprint density at radius 2 is 2.23 bits per heavy atom. The smallest absolute Gasteiger partial charge is 0.263 e. The molecule has 162 valence electrons. The summed E-state index contributed by atoms with van der Waals surface area (Å²) in [6.45, 7) is 4.12. The third-order valence-corrected chi connectivity index (χ3v) is 7.52. The van der Waals surface area contributed by atoms with E-state index in [1.807, 2.05) is 0 Å². The summed E-state index contributed by atoms with van der Waals surface area (Å²) in [4.78, 5) is 32.6. The van der Waals surface area contributed by atoms with Crippen molar-refractivity contribution in [1.29, 1.82) is 0 Å². The zero-order chi connectivity index (χ0) is 22.0. The number of anilines is 1. The number of aryl methyl sites for hydroxylation is 2. The number of halogens is 1. The SMILES string of the molecule is C=CCn1c(SCC(=O)Nc2cc(Cl)ccc2OC)nc2sc3c(c2c1=O)CCCC3. The Bertz CT molecular complexity index is 1220. The second-order valence-electron chi connectivity index (χ2n) is 7.17. The van der Waals surface area contributed by atoms with Gasteiger partial charge >= 0.3 is 0 Å². The van der Waals surface area contributed by atoms with Crippen LogP contribution in [0.4, 0.5) is 5.69 Å². The lowest BCUT2D eigenvalue weighted by molar-refractivity contribution is -0.113. The van der Waals surface area contributed by atoms with E-state index in [4.69, 9.17) is 21.3 Å². The average molecular weight is 476 g/mol. The molecule has 1 aromatic carbocycles. The molecular weight excluding hydrogens is 454 g/mol. The summed E-state index contributed by atoms with van der Waals surface area (Å²) >= 11 is 8.87. The van der Waals surface area contributed by atoms with Crippen molar-refractivity contribution in [3.8, 4) is 5.75 Å². The number of thioether (sulfide) groups is 1. The molecule has 1 N–H and O–H groups in total. The molecule has 1 amide bonds. The van der Waals surface area contributed by atoms with Gasteiger partial charge in [-0.1, -0.05) is 29.4 Å². The molecule has 0 spiro atoms. The molecule has 0 saturated heterocycles. The highest BCUT2D eigenvalue weighted by Gasteiger charge is 2.22. The standard InChI is InChI=1S/C22H22ClN3O3S2/c1-3-10-26-21(28)19-14-6-4-5-7-17(14)31-20(19)25-22(26)30-12-18(27)24-15-11-13(23)8-9-16(15)29-2/h3,8-9,11H,1,4-7,10,12H2,2H3,(H,24,27). The van der Waals surface area contributed by atoms with Crippen molar-refractivity contribution in [2.24, 2.45) is 0 Å². The van der Waals surface area contributed by atoms with Crippen LogP contribution in [0.15, 0.2) is 40.8 Å². The third-order valence-electron chi connectivity index (χ3n) is 5.12. The van der Waals surface area contributed by atoms with Gasteiger partial charge in [-0.05, 0) is 49.4 Å². The van der Waals surface area contributed by atoms with Gasteiger partial charge in [-0.15, -0.1) is 17.9 Å². The molecule has 0 saturated carbocycles. The van der Waals surface area contributed by atoms with Crippen LogP contribution in [0.25, 0.3) is 10.2 Å². The molecule has 0 fully saturated rings. The second-order valence-corrected chi connectivity index (χ2v) is 9.63. The van der Waals surface area contributed by atoms with Crippen molar-refractivity contribution in [1.82, 2.24) is 9.55 Å². The van der Waals surface area contributed by atoms with E-state index >= 15 is 0 Å². The molecule has 0 bridgehead atoms. The van der Waals surface area contributed by atoms with E-state index in [1.165, 1.54) is 23.7 Å². The zero-order valence-corrected chi connectivity index (χ0v) is 19.5. The Morgan fingerprint density at radius 3 is 3.00 bits per heavy atom. The van der Waals surface area contributed by atoms with Gasteiger partial charge in [0.05, 0.1) is 23.9 Å². The second kappa shape index (κ2) is 9.46. The maximum atomic E-state index is 13.3. The first kappa shape index (κ1) is 21.9. The van der Waals surface area contributed by atoms with Crippen molar-refractivity contribution < 1.29 is 9.53 Å². The topological polar surface area (TPSA) is 73.2 Å². The van der Waals surface area contributed by atoms with Crippen LogP contribution in [-0.2, 0) is 24.2 Å². The number of allylic oxidation sites excluding steroid dienone is 1. The summed E-state index contributed by atoms with van der Waals surface area (Å²) in [5.41, 5.74) is 1.60. The third kappa shape index (κ3) is 4.51. The van der Waals surface area contributed by atoms with Crippen molar-refractivity contribution >= 4 is 56.5 Å². The molecule has 0 aliphatic heterocycles. The minimum absolute atomic E-state index is 0.0521. The summed E-state index contributed by atoms with van der Waals surface area (Å²) in [5.74, 6) is 0.376. The molecule has 2 heterocycles. The summed E-state index contributed by atoms with van der Waals surface area (Å²) < 4.78 is 6.88. The molecular formula is C22H22ClN3O3S2. The van der Waals surface area contributed by atoms with Gasteiger partial charge in [0.15, 0.2) is 5.16 Å². The Labute approximate surface area is 193 Å². The van der Waals surface area contributed by atoms with E-state index in [-0.39, 0.29) is 17.2 Å². The van der Waals surface area contributed by atoms with Gasteiger partial charge in [0.25, 0.3) is 5.56 Å². The molecule has 0 atom stereocenters. The van der Waals surface area contributed by atoms with E-state index < -0.39 is 0 Å². The van der Waals surface area contributed by atoms with Gasteiger partial charge < -0.3 is 10.1 Å². The molecule has 1 aliphatic carbocycles. The number of amides is 1. The largest absolute Gasteiger partial charge is 0.495 e. The summed E-state index contributed by atoms with van der Waals surface area (Å²) in [5, 5.41) is 4.56. The van der Waals surface area contributed by atoms with Crippen LogP contribution in [0.2, 0.25) is 5.02 Å².